The molecule has 0 aliphatic heterocycles. The maximum atomic E-state index is 11.8. The van der Waals surface area contributed by atoms with Gasteiger partial charge in [0.05, 0.1) is 6.61 Å². The maximum absolute atomic E-state index is 11.8. The molecule has 0 fully saturated rings. The number of carbonyl (C=O) groups excluding carboxylic acids is 2. The molecule has 0 saturated heterocycles. The van der Waals surface area contributed by atoms with E-state index >= 15 is 0 Å². The van der Waals surface area contributed by atoms with E-state index in [9.17, 15) is 14.4 Å². The molecule has 3 atom stereocenters. The monoisotopic (exact) mass is 307 g/mol. The van der Waals surface area contributed by atoms with Crippen molar-refractivity contribution in [2.45, 2.75) is 31.5 Å². The smallest absolute Gasteiger partial charge is 0.326 e. The van der Waals surface area contributed by atoms with Gasteiger partial charge in [0.25, 0.3) is 0 Å². The lowest BCUT2D eigenvalue weighted by atomic mass is 10.2. The minimum atomic E-state index is -1.13. The molecule has 0 spiro atoms. The van der Waals surface area contributed by atoms with E-state index in [0.717, 1.165) is 0 Å². The molecule has 9 heteroatoms. The fourth-order valence-corrected chi connectivity index (χ4v) is 1.73. The lowest BCUT2D eigenvalue weighted by Crippen LogP contribution is -2.54. The number of hydrogen-bond acceptors (Lipinski definition) is 6. The van der Waals surface area contributed by atoms with E-state index in [1.165, 1.54) is 18.7 Å². The lowest BCUT2D eigenvalue weighted by molar-refractivity contribution is -0.142. The molecule has 0 unspecified atom stereocenters. The van der Waals surface area contributed by atoms with Crippen LogP contribution in [-0.4, -0.2) is 64.7 Å². The summed E-state index contributed by atoms with van der Waals surface area (Å²) in [5.74, 6) is -1.82. The second kappa shape index (κ2) is 9.56. The van der Waals surface area contributed by atoms with Crippen LogP contribution in [0.2, 0.25) is 0 Å². The van der Waals surface area contributed by atoms with E-state index < -0.39 is 42.5 Å². The Morgan fingerprint density at radius 2 is 1.85 bits per heavy atom. The van der Waals surface area contributed by atoms with E-state index in [2.05, 4.69) is 10.6 Å². The van der Waals surface area contributed by atoms with Crippen molar-refractivity contribution in [1.29, 1.82) is 0 Å². The number of aliphatic hydroxyl groups excluding tert-OH is 1. The summed E-state index contributed by atoms with van der Waals surface area (Å²) in [7, 11) is 0. The SMILES string of the molecule is CSCC[C@H](NC(=O)[C@H](C)NC(=O)[C@@H](N)CO)C(=O)O. The number of aliphatic carboxylic acids is 1. The zero-order valence-electron chi connectivity index (χ0n) is 11.5. The molecule has 0 aliphatic carbocycles. The van der Waals surface area contributed by atoms with Crippen LogP contribution in [0, 0.1) is 0 Å². The summed E-state index contributed by atoms with van der Waals surface area (Å²) in [4.78, 5) is 34.1. The van der Waals surface area contributed by atoms with Crippen LogP contribution in [0.25, 0.3) is 0 Å². The topological polar surface area (TPSA) is 142 Å². The minimum absolute atomic E-state index is 0.291. The van der Waals surface area contributed by atoms with Gasteiger partial charge in [-0.3, -0.25) is 9.59 Å². The Bertz CT molecular complexity index is 353. The minimum Gasteiger partial charge on any atom is -0.480 e. The molecule has 6 N–H and O–H groups in total. The second-order valence-electron chi connectivity index (χ2n) is 4.20. The summed E-state index contributed by atoms with van der Waals surface area (Å²) >= 11 is 1.47. The second-order valence-corrected chi connectivity index (χ2v) is 5.19. The van der Waals surface area contributed by atoms with Crippen LogP contribution in [0.4, 0.5) is 0 Å². The maximum Gasteiger partial charge on any atom is 0.326 e. The molecule has 2 amide bonds. The third-order valence-corrected chi connectivity index (χ3v) is 3.15. The molecule has 0 saturated carbocycles. The molecule has 0 aromatic heterocycles. The first-order valence-corrected chi connectivity index (χ1v) is 7.41. The summed E-state index contributed by atoms with van der Waals surface area (Å²) in [6, 6.07) is -3.05. The van der Waals surface area contributed by atoms with Crippen molar-refractivity contribution >= 4 is 29.5 Å². The van der Waals surface area contributed by atoms with Gasteiger partial charge in [-0.2, -0.15) is 11.8 Å². The van der Waals surface area contributed by atoms with Gasteiger partial charge in [-0.1, -0.05) is 0 Å². The zero-order valence-corrected chi connectivity index (χ0v) is 12.3. The summed E-state index contributed by atoms with van der Waals surface area (Å²) < 4.78 is 0. The van der Waals surface area contributed by atoms with Crippen LogP contribution in [0.1, 0.15) is 13.3 Å². The number of carboxylic acids is 1. The van der Waals surface area contributed by atoms with E-state index in [-0.39, 0.29) is 0 Å². The fraction of sp³-hybridized carbons (Fsp3) is 0.727. The normalized spacial score (nSPS) is 15.0. The lowest BCUT2D eigenvalue weighted by Gasteiger charge is -2.19. The molecule has 0 radical (unpaired) electrons. The van der Waals surface area contributed by atoms with Crippen LogP contribution < -0.4 is 16.4 Å². The van der Waals surface area contributed by atoms with Crippen molar-refractivity contribution in [2.24, 2.45) is 5.73 Å². The van der Waals surface area contributed by atoms with Crippen LogP contribution in [-0.2, 0) is 14.4 Å². The van der Waals surface area contributed by atoms with Gasteiger partial charge < -0.3 is 26.6 Å². The third-order valence-electron chi connectivity index (χ3n) is 2.51. The standard InChI is InChI=1S/C11H21N3O5S/c1-6(13-10(17)7(12)5-15)9(16)14-8(11(18)19)3-4-20-2/h6-8,15H,3-5,12H2,1-2H3,(H,13,17)(H,14,16)(H,18,19)/t6-,7-,8-/m0/s1. The molecule has 0 rings (SSSR count). The van der Waals surface area contributed by atoms with Gasteiger partial charge in [-0.25, -0.2) is 4.79 Å². The Hall–Kier alpha value is -1.32. The van der Waals surface area contributed by atoms with Crippen LogP contribution >= 0.6 is 11.8 Å². The van der Waals surface area contributed by atoms with E-state index in [1.807, 2.05) is 6.26 Å². The van der Waals surface area contributed by atoms with Crippen LogP contribution in [0.5, 0.6) is 0 Å². The average molecular weight is 307 g/mol. The van der Waals surface area contributed by atoms with Crippen molar-refractivity contribution in [3.63, 3.8) is 0 Å². The first kappa shape index (κ1) is 18.7. The molecule has 0 aromatic carbocycles. The first-order valence-electron chi connectivity index (χ1n) is 6.02. The van der Waals surface area contributed by atoms with Gasteiger partial charge in [-0.05, 0) is 25.4 Å². The van der Waals surface area contributed by atoms with E-state index in [4.69, 9.17) is 15.9 Å². The molecule has 116 valence electrons. The van der Waals surface area contributed by atoms with Crippen molar-refractivity contribution in [1.82, 2.24) is 10.6 Å². The number of carbonyl (C=O) groups is 3. The molecule has 0 heterocycles. The van der Waals surface area contributed by atoms with Crippen molar-refractivity contribution in [3.05, 3.63) is 0 Å². The third kappa shape index (κ3) is 6.73. The Morgan fingerprint density at radius 1 is 1.25 bits per heavy atom. The highest BCUT2D eigenvalue weighted by molar-refractivity contribution is 7.98. The van der Waals surface area contributed by atoms with Crippen molar-refractivity contribution < 1.29 is 24.6 Å². The van der Waals surface area contributed by atoms with Crippen LogP contribution in [0.3, 0.4) is 0 Å². The molecular weight excluding hydrogens is 286 g/mol. The highest BCUT2D eigenvalue weighted by Gasteiger charge is 2.24. The quantitative estimate of drug-likeness (QED) is 0.336. The molecule has 0 bridgehead atoms. The van der Waals surface area contributed by atoms with Gasteiger partial charge in [0.15, 0.2) is 0 Å². The summed E-state index contributed by atoms with van der Waals surface area (Å²) in [6.45, 7) is 0.871. The fourth-order valence-electron chi connectivity index (χ4n) is 1.26. The van der Waals surface area contributed by atoms with Crippen molar-refractivity contribution in [3.8, 4) is 0 Å². The number of nitrogens with two attached hydrogens (primary N) is 1. The average Bonchev–Trinajstić information content (AvgIpc) is 2.41. The van der Waals surface area contributed by atoms with Gasteiger partial charge in [-0.15, -0.1) is 0 Å². The van der Waals surface area contributed by atoms with Gasteiger partial charge in [0, 0.05) is 0 Å². The number of amides is 2. The molecule has 8 nitrogen and oxygen atoms in total. The first-order chi connectivity index (χ1) is 9.33. The number of thioether (sulfide) groups is 1. The van der Waals surface area contributed by atoms with Gasteiger partial charge >= 0.3 is 5.97 Å². The Labute approximate surface area is 121 Å². The molecule has 20 heavy (non-hydrogen) atoms. The highest BCUT2D eigenvalue weighted by atomic mass is 32.2. The van der Waals surface area contributed by atoms with E-state index in [1.54, 1.807) is 0 Å². The number of nitrogens with one attached hydrogen (secondary N) is 2. The Morgan fingerprint density at radius 3 is 2.30 bits per heavy atom. The summed E-state index contributed by atoms with van der Waals surface area (Å²) in [6.07, 6.45) is 2.12. The van der Waals surface area contributed by atoms with Crippen LogP contribution in [0.15, 0.2) is 0 Å². The molecular formula is C11H21N3O5S. The highest BCUT2D eigenvalue weighted by Crippen LogP contribution is 2.01. The van der Waals surface area contributed by atoms with E-state index in [0.29, 0.717) is 12.2 Å². The van der Waals surface area contributed by atoms with Gasteiger partial charge in [0.2, 0.25) is 11.8 Å². The van der Waals surface area contributed by atoms with Gasteiger partial charge in [0.1, 0.15) is 18.1 Å². The van der Waals surface area contributed by atoms with Crippen molar-refractivity contribution in [2.75, 3.05) is 18.6 Å². The predicted octanol–water partition coefficient (Wildman–Crippen LogP) is -1.87. The molecule has 0 aromatic rings. The summed E-state index contributed by atoms with van der Waals surface area (Å²) in [5.41, 5.74) is 5.29. The Kier molecular flexibility index (Phi) is 8.93. The Balaban J connectivity index is 4.41. The zero-order chi connectivity index (χ0) is 15.7. The summed E-state index contributed by atoms with van der Waals surface area (Å²) in [5, 5.41) is 22.3. The number of aliphatic hydroxyl groups is 1. The number of hydrogen-bond donors (Lipinski definition) is 5. The number of carboxylic acid groups (broad SMARTS) is 1. The predicted molar refractivity (Wildman–Crippen MR) is 75.2 cm³/mol. The molecule has 0 aliphatic rings. The largest absolute Gasteiger partial charge is 0.480 e. The number of rotatable bonds is 9.